The molecule has 0 aliphatic carbocycles. The Morgan fingerprint density at radius 1 is 1.67 bits per heavy atom. The zero-order chi connectivity index (χ0) is 11.5. The Bertz CT molecular complexity index is 289. The maximum Gasteiger partial charge on any atom is 0.174 e. The van der Waals surface area contributed by atoms with Gasteiger partial charge in [-0.25, -0.2) is 4.99 Å². The molecule has 0 heterocycles. The number of aliphatic imine (C=N–C) groups is 1. The Balaban J connectivity index is 4.75. The number of ether oxygens (including phenoxy) is 2. The van der Waals surface area contributed by atoms with Crippen LogP contribution in [0.4, 0.5) is 0 Å². The Morgan fingerprint density at radius 3 is 2.87 bits per heavy atom. The maximum absolute atomic E-state index is 5.35. The summed E-state index contributed by atoms with van der Waals surface area (Å²) >= 11 is 1.40. The first-order chi connectivity index (χ1) is 7.29. The predicted molar refractivity (Wildman–Crippen MR) is 65.6 cm³/mol. The lowest BCUT2D eigenvalue weighted by atomic mass is 10.5. The van der Waals surface area contributed by atoms with Crippen LogP contribution in [0.5, 0.6) is 0 Å². The average molecular weight is 225 g/mol. The van der Waals surface area contributed by atoms with E-state index in [4.69, 9.17) is 15.9 Å². The highest BCUT2D eigenvalue weighted by Gasteiger charge is 2.03. The molecule has 0 saturated heterocycles. The second-order valence-corrected chi connectivity index (χ2v) is 3.23. The molecule has 0 fully saturated rings. The zero-order valence-corrected chi connectivity index (χ0v) is 9.84. The summed E-state index contributed by atoms with van der Waals surface area (Å²) < 4.78 is 10.1. The third-order valence-electron chi connectivity index (χ3n) is 1.26. The van der Waals surface area contributed by atoms with Crippen molar-refractivity contribution in [2.24, 2.45) is 4.99 Å². The van der Waals surface area contributed by atoms with Crippen molar-refractivity contribution in [3.63, 3.8) is 0 Å². The molecule has 0 unspecified atom stereocenters. The quantitative estimate of drug-likeness (QED) is 0.219. The highest BCUT2D eigenvalue weighted by Crippen LogP contribution is 2.22. The second-order valence-electron chi connectivity index (χ2n) is 2.27. The van der Waals surface area contributed by atoms with Crippen molar-refractivity contribution in [3.05, 3.63) is 23.4 Å². The topological polar surface area (TPSA) is 30.8 Å². The Hall–Kier alpha value is -1.34. The van der Waals surface area contributed by atoms with Gasteiger partial charge in [-0.15, -0.1) is 6.42 Å². The Kier molecular flexibility index (Phi) is 8.40. The molecule has 0 bridgehead atoms. The lowest BCUT2D eigenvalue weighted by molar-refractivity contribution is 0.241. The van der Waals surface area contributed by atoms with Crippen molar-refractivity contribution in [1.82, 2.24) is 0 Å². The molecule has 82 valence electrons. The van der Waals surface area contributed by atoms with Crippen molar-refractivity contribution in [1.29, 1.82) is 0 Å². The molecule has 0 aromatic heterocycles. The summed E-state index contributed by atoms with van der Waals surface area (Å²) in [6, 6.07) is 0. The average Bonchev–Trinajstić information content (AvgIpc) is 2.27. The standard InChI is InChI=1S/C11H15NO2S/c1-5-8-15-11(12-9-13-4)10(6-2)14-7-3/h1,6,9H,2,7-8H2,3-4H3/b11-10-,12-9+. The van der Waals surface area contributed by atoms with Crippen molar-refractivity contribution in [2.45, 2.75) is 6.92 Å². The van der Waals surface area contributed by atoms with Gasteiger partial charge >= 0.3 is 0 Å². The highest BCUT2D eigenvalue weighted by molar-refractivity contribution is 8.03. The first-order valence-electron chi connectivity index (χ1n) is 4.41. The van der Waals surface area contributed by atoms with Crippen LogP contribution in [0.3, 0.4) is 0 Å². The molecule has 0 aliphatic heterocycles. The minimum Gasteiger partial charge on any atom is -0.491 e. The first-order valence-corrected chi connectivity index (χ1v) is 5.39. The van der Waals surface area contributed by atoms with Gasteiger partial charge in [-0.3, -0.25) is 0 Å². The molecule has 4 heteroatoms. The fourth-order valence-electron chi connectivity index (χ4n) is 0.746. The third kappa shape index (κ3) is 5.87. The number of terminal acetylenes is 1. The molecule has 0 aromatic rings. The number of nitrogens with zero attached hydrogens (tertiary/aromatic N) is 1. The number of hydrogen-bond donors (Lipinski definition) is 0. The predicted octanol–water partition coefficient (Wildman–Crippen LogP) is 2.42. The molecule has 3 nitrogen and oxygen atoms in total. The van der Waals surface area contributed by atoms with E-state index < -0.39 is 0 Å². The van der Waals surface area contributed by atoms with Gasteiger partial charge in [0.05, 0.1) is 19.5 Å². The molecule has 0 amide bonds. The first kappa shape index (κ1) is 13.7. The second kappa shape index (κ2) is 9.22. The molecule has 0 saturated carbocycles. The molecule has 0 rings (SSSR count). The fraction of sp³-hybridized carbons (Fsp3) is 0.364. The lowest BCUT2D eigenvalue weighted by Gasteiger charge is -2.07. The molecule has 0 radical (unpaired) electrons. The zero-order valence-electron chi connectivity index (χ0n) is 9.03. The van der Waals surface area contributed by atoms with Crippen LogP contribution in [0.1, 0.15) is 6.92 Å². The number of allylic oxidation sites excluding steroid dienone is 1. The van der Waals surface area contributed by atoms with E-state index in [1.807, 2.05) is 6.92 Å². The Labute approximate surface area is 95.3 Å². The molecule has 0 aromatic carbocycles. The van der Waals surface area contributed by atoms with Crippen LogP contribution in [0, 0.1) is 12.3 Å². The van der Waals surface area contributed by atoms with E-state index in [-0.39, 0.29) is 0 Å². The minimum atomic E-state index is 0.529. The van der Waals surface area contributed by atoms with Gasteiger partial charge < -0.3 is 9.47 Å². The fourth-order valence-corrected chi connectivity index (χ4v) is 1.37. The number of rotatable bonds is 7. The van der Waals surface area contributed by atoms with Gasteiger partial charge in [0.15, 0.2) is 12.2 Å². The largest absolute Gasteiger partial charge is 0.491 e. The summed E-state index contributed by atoms with van der Waals surface area (Å²) in [5.41, 5.74) is 0. The van der Waals surface area contributed by atoms with Crippen molar-refractivity contribution < 1.29 is 9.47 Å². The van der Waals surface area contributed by atoms with Crippen LogP contribution in [0.25, 0.3) is 0 Å². The van der Waals surface area contributed by atoms with Crippen LogP contribution in [-0.2, 0) is 9.47 Å². The van der Waals surface area contributed by atoms with Gasteiger partial charge in [0.1, 0.15) is 5.03 Å². The normalized spacial score (nSPS) is 11.8. The number of thioether (sulfide) groups is 1. The number of hydrogen-bond acceptors (Lipinski definition) is 4. The molecular formula is C11H15NO2S. The summed E-state index contributed by atoms with van der Waals surface area (Å²) in [4.78, 5) is 4.07. The lowest BCUT2D eigenvalue weighted by Crippen LogP contribution is -1.93. The van der Waals surface area contributed by atoms with Gasteiger partial charge in [0.25, 0.3) is 0 Å². The van der Waals surface area contributed by atoms with E-state index in [1.54, 1.807) is 6.08 Å². The smallest absolute Gasteiger partial charge is 0.174 e. The summed E-state index contributed by atoms with van der Waals surface area (Å²) in [5, 5.41) is 0.673. The van der Waals surface area contributed by atoms with Crippen LogP contribution in [-0.4, -0.2) is 25.9 Å². The van der Waals surface area contributed by atoms with Crippen molar-refractivity contribution >= 4 is 18.2 Å². The van der Waals surface area contributed by atoms with E-state index in [0.29, 0.717) is 23.1 Å². The van der Waals surface area contributed by atoms with Gasteiger partial charge in [-0.1, -0.05) is 24.3 Å². The van der Waals surface area contributed by atoms with E-state index in [0.717, 1.165) is 0 Å². The molecular weight excluding hydrogens is 210 g/mol. The van der Waals surface area contributed by atoms with E-state index in [2.05, 4.69) is 17.5 Å². The van der Waals surface area contributed by atoms with Gasteiger partial charge in [-0.2, -0.15) is 0 Å². The van der Waals surface area contributed by atoms with Crippen LogP contribution < -0.4 is 0 Å². The Morgan fingerprint density at radius 2 is 2.40 bits per heavy atom. The van der Waals surface area contributed by atoms with Crippen LogP contribution in [0.15, 0.2) is 28.4 Å². The highest BCUT2D eigenvalue weighted by atomic mass is 32.2. The van der Waals surface area contributed by atoms with Crippen LogP contribution >= 0.6 is 11.8 Å². The van der Waals surface area contributed by atoms with Crippen molar-refractivity contribution in [3.8, 4) is 12.3 Å². The van der Waals surface area contributed by atoms with E-state index in [1.165, 1.54) is 25.3 Å². The van der Waals surface area contributed by atoms with Gasteiger partial charge in [-0.05, 0) is 13.0 Å². The summed E-state index contributed by atoms with van der Waals surface area (Å²) in [7, 11) is 1.53. The monoisotopic (exact) mass is 225 g/mol. The van der Waals surface area contributed by atoms with E-state index >= 15 is 0 Å². The summed E-state index contributed by atoms with van der Waals surface area (Å²) in [6.07, 6.45) is 8.12. The SMILES string of the molecule is C#CCSC(/N=C/OC)=C(/C=C)OCC. The summed E-state index contributed by atoms with van der Waals surface area (Å²) in [5.74, 6) is 3.67. The van der Waals surface area contributed by atoms with E-state index in [9.17, 15) is 0 Å². The maximum atomic E-state index is 5.35. The summed E-state index contributed by atoms with van der Waals surface area (Å²) in [6.45, 7) is 6.11. The van der Waals surface area contributed by atoms with Gasteiger partial charge in [0, 0.05) is 0 Å². The number of methoxy groups -OCH3 is 1. The van der Waals surface area contributed by atoms with Gasteiger partial charge in [0.2, 0.25) is 0 Å². The minimum absolute atomic E-state index is 0.529. The molecule has 0 N–H and O–H groups in total. The molecule has 15 heavy (non-hydrogen) atoms. The molecule has 0 spiro atoms. The molecule has 0 aliphatic rings. The van der Waals surface area contributed by atoms with Crippen molar-refractivity contribution in [2.75, 3.05) is 19.5 Å². The third-order valence-corrected chi connectivity index (χ3v) is 2.15. The van der Waals surface area contributed by atoms with Crippen LogP contribution in [0.2, 0.25) is 0 Å². The molecule has 0 atom stereocenters.